The lowest BCUT2D eigenvalue weighted by molar-refractivity contribution is 0.0949. The van der Waals surface area contributed by atoms with Crippen molar-refractivity contribution in [3.8, 4) is 0 Å². The van der Waals surface area contributed by atoms with Crippen LogP contribution < -0.4 is 10.3 Å². The third-order valence-electron chi connectivity index (χ3n) is 2.23. The van der Waals surface area contributed by atoms with E-state index >= 15 is 0 Å². The third kappa shape index (κ3) is 3.58. The summed E-state index contributed by atoms with van der Waals surface area (Å²) in [6, 6.07) is 7.62. The molecule has 20 heavy (non-hydrogen) atoms. The number of carbonyl (C=O) groups is 1. The summed E-state index contributed by atoms with van der Waals surface area (Å²) < 4.78 is 24.7. The molecular formula is C11H8BrClN2O3S2. The molecule has 0 radical (unpaired) electrons. The molecule has 1 aromatic heterocycles. The molecule has 0 bridgehead atoms. The number of rotatable bonds is 4. The van der Waals surface area contributed by atoms with E-state index in [0.29, 0.717) is 9.35 Å². The normalized spacial score (nSPS) is 11.3. The molecule has 0 aliphatic heterocycles. The molecule has 0 atom stereocenters. The molecule has 0 saturated heterocycles. The molecule has 1 aromatic carbocycles. The van der Waals surface area contributed by atoms with Gasteiger partial charge in [0, 0.05) is 4.47 Å². The SMILES string of the molecule is O=C(NNS(=O)(=O)c1ccc(Br)cc1Cl)c1cccs1. The summed E-state index contributed by atoms with van der Waals surface area (Å²) in [5, 5.41) is 1.77. The molecule has 0 aliphatic carbocycles. The molecule has 0 unspecified atom stereocenters. The van der Waals surface area contributed by atoms with Crippen LogP contribution in [0.5, 0.6) is 0 Å². The van der Waals surface area contributed by atoms with Gasteiger partial charge >= 0.3 is 0 Å². The highest BCUT2D eigenvalue weighted by atomic mass is 79.9. The molecule has 9 heteroatoms. The van der Waals surface area contributed by atoms with Crippen molar-refractivity contribution in [1.29, 1.82) is 0 Å². The van der Waals surface area contributed by atoms with Crippen LogP contribution in [0.25, 0.3) is 0 Å². The number of nitrogens with one attached hydrogen (secondary N) is 2. The number of hydrogen-bond acceptors (Lipinski definition) is 4. The van der Waals surface area contributed by atoms with Crippen LogP contribution >= 0.6 is 38.9 Å². The van der Waals surface area contributed by atoms with Gasteiger partial charge in [-0.05, 0) is 29.6 Å². The number of sulfonamides is 1. The number of hydrogen-bond donors (Lipinski definition) is 2. The minimum atomic E-state index is -3.92. The van der Waals surface area contributed by atoms with Gasteiger partial charge in [-0.1, -0.05) is 33.6 Å². The second-order valence-corrected chi connectivity index (χ2v) is 7.53. The lowest BCUT2D eigenvalue weighted by Crippen LogP contribution is -2.41. The van der Waals surface area contributed by atoms with Gasteiger partial charge in [-0.2, -0.15) is 0 Å². The Bertz CT molecular complexity index is 732. The van der Waals surface area contributed by atoms with Crippen molar-refractivity contribution in [3.63, 3.8) is 0 Å². The zero-order chi connectivity index (χ0) is 14.8. The Morgan fingerprint density at radius 3 is 2.65 bits per heavy atom. The largest absolute Gasteiger partial charge is 0.276 e. The highest BCUT2D eigenvalue weighted by Gasteiger charge is 2.19. The quantitative estimate of drug-likeness (QED) is 0.782. The summed E-state index contributed by atoms with van der Waals surface area (Å²) in [6.45, 7) is 0. The molecule has 2 N–H and O–H groups in total. The van der Waals surface area contributed by atoms with Gasteiger partial charge in [0.05, 0.1) is 9.90 Å². The van der Waals surface area contributed by atoms with Gasteiger partial charge in [-0.3, -0.25) is 10.2 Å². The fourth-order valence-electron chi connectivity index (χ4n) is 1.33. The van der Waals surface area contributed by atoms with Crippen molar-refractivity contribution in [2.24, 2.45) is 0 Å². The van der Waals surface area contributed by atoms with Crippen LogP contribution in [0.4, 0.5) is 0 Å². The van der Waals surface area contributed by atoms with Crippen LogP contribution in [0, 0.1) is 0 Å². The molecule has 1 heterocycles. The van der Waals surface area contributed by atoms with E-state index in [9.17, 15) is 13.2 Å². The number of amides is 1. The lowest BCUT2D eigenvalue weighted by atomic mass is 10.4. The smallest absolute Gasteiger partial charge is 0.273 e. The Hall–Kier alpha value is -0.930. The molecule has 2 aromatic rings. The fourth-order valence-corrected chi connectivity index (χ4v) is 3.83. The summed E-state index contributed by atoms with van der Waals surface area (Å²) in [7, 11) is -3.92. The lowest BCUT2D eigenvalue weighted by Gasteiger charge is -2.09. The molecule has 0 aliphatic rings. The van der Waals surface area contributed by atoms with Crippen LogP contribution in [-0.4, -0.2) is 14.3 Å². The van der Waals surface area contributed by atoms with E-state index in [2.05, 4.69) is 21.4 Å². The van der Waals surface area contributed by atoms with E-state index in [0.717, 1.165) is 0 Å². The predicted molar refractivity (Wildman–Crippen MR) is 81.3 cm³/mol. The Labute approximate surface area is 133 Å². The van der Waals surface area contributed by atoms with E-state index in [1.807, 2.05) is 4.83 Å². The standard InChI is InChI=1S/C11H8BrClN2O3S2/c12-7-3-4-10(8(13)6-7)20(17,18)15-14-11(16)9-2-1-5-19-9/h1-6,15H,(H,14,16). The van der Waals surface area contributed by atoms with Crippen LogP contribution in [0.1, 0.15) is 9.67 Å². The first kappa shape index (κ1) is 15.5. The van der Waals surface area contributed by atoms with Gasteiger partial charge in [0.15, 0.2) is 0 Å². The Balaban J connectivity index is 2.14. The van der Waals surface area contributed by atoms with Crippen LogP contribution in [0.3, 0.4) is 0 Å². The third-order valence-corrected chi connectivity index (χ3v) is 5.32. The summed E-state index contributed by atoms with van der Waals surface area (Å²) in [5.74, 6) is -0.531. The minimum absolute atomic E-state index is 0.0530. The molecule has 106 valence electrons. The number of hydrazine groups is 1. The summed E-state index contributed by atoms with van der Waals surface area (Å²) in [4.78, 5) is 13.9. The average Bonchev–Trinajstić information content (AvgIpc) is 2.89. The number of halogens is 2. The maximum Gasteiger partial charge on any atom is 0.276 e. The van der Waals surface area contributed by atoms with Crippen LogP contribution in [0.2, 0.25) is 5.02 Å². The van der Waals surface area contributed by atoms with E-state index in [4.69, 9.17) is 11.6 Å². The Morgan fingerprint density at radius 2 is 2.05 bits per heavy atom. The molecule has 1 amide bonds. The van der Waals surface area contributed by atoms with Gasteiger partial charge in [-0.25, -0.2) is 8.42 Å². The highest BCUT2D eigenvalue weighted by Crippen LogP contribution is 2.24. The fraction of sp³-hybridized carbons (Fsp3) is 0. The van der Waals surface area contributed by atoms with Crippen molar-refractivity contribution < 1.29 is 13.2 Å². The van der Waals surface area contributed by atoms with Gasteiger partial charge < -0.3 is 0 Å². The zero-order valence-electron chi connectivity index (χ0n) is 9.76. The molecular weight excluding hydrogens is 388 g/mol. The first-order valence-corrected chi connectivity index (χ1v) is 8.74. The van der Waals surface area contributed by atoms with E-state index in [1.165, 1.54) is 23.5 Å². The van der Waals surface area contributed by atoms with Crippen molar-refractivity contribution >= 4 is 54.8 Å². The summed E-state index contributed by atoms with van der Waals surface area (Å²) >= 11 is 10.3. The number of thiophene rings is 1. The van der Waals surface area contributed by atoms with Crippen molar-refractivity contribution in [3.05, 3.63) is 50.1 Å². The second-order valence-electron chi connectivity index (χ2n) is 3.61. The Morgan fingerprint density at radius 1 is 1.30 bits per heavy atom. The van der Waals surface area contributed by atoms with Gasteiger partial charge in [0.2, 0.25) is 0 Å². The monoisotopic (exact) mass is 394 g/mol. The first-order chi connectivity index (χ1) is 9.40. The van der Waals surface area contributed by atoms with Gasteiger partial charge in [0.1, 0.15) is 4.90 Å². The minimum Gasteiger partial charge on any atom is -0.273 e. The zero-order valence-corrected chi connectivity index (χ0v) is 13.7. The maximum atomic E-state index is 12.0. The average molecular weight is 396 g/mol. The number of carbonyl (C=O) groups excluding carboxylic acids is 1. The highest BCUT2D eigenvalue weighted by molar-refractivity contribution is 9.10. The maximum absolute atomic E-state index is 12.0. The first-order valence-electron chi connectivity index (χ1n) is 5.21. The molecule has 0 saturated carbocycles. The number of benzene rings is 1. The predicted octanol–water partition coefficient (Wildman–Crippen LogP) is 2.79. The topological polar surface area (TPSA) is 75.3 Å². The molecule has 2 rings (SSSR count). The van der Waals surface area contributed by atoms with Gasteiger partial charge in [-0.15, -0.1) is 16.2 Å². The van der Waals surface area contributed by atoms with Crippen molar-refractivity contribution in [2.45, 2.75) is 4.90 Å². The summed E-state index contributed by atoms with van der Waals surface area (Å²) in [6.07, 6.45) is 0. The van der Waals surface area contributed by atoms with Crippen molar-refractivity contribution in [1.82, 2.24) is 10.3 Å². The van der Waals surface area contributed by atoms with E-state index in [1.54, 1.807) is 23.6 Å². The molecule has 5 nitrogen and oxygen atoms in total. The molecule has 0 fully saturated rings. The van der Waals surface area contributed by atoms with E-state index in [-0.39, 0.29) is 9.92 Å². The van der Waals surface area contributed by atoms with Gasteiger partial charge in [0.25, 0.3) is 15.9 Å². The van der Waals surface area contributed by atoms with E-state index < -0.39 is 15.9 Å². The second kappa shape index (κ2) is 6.23. The summed E-state index contributed by atoms with van der Waals surface area (Å²) in [5.41, 5.74) is 2.13. The Kier molecular flexibility index (Phi) is 4.82. The van der Waals surface area contributed by atoms with Crippen molar-refractivity contribution in [2.75, 3.05) is 0 Å². The molecule has 0 spiro atoms. The van der Waals surface area contributed by atoms with Crippen LogP contribution in [-0.2, 0) is 10.0 Å². The van der Waals surface area contributed by atoms with Crippen LogP contribution in [0.15, 0.2) is 45.1 Å².